The summed E-state index contributed by atoms with van der Waals surface area (Å²) in [7, 11) is 0. The van der Waals surface area contributed by atoms with E-state index >= 15 is 0 Å². The van der Waals surface area contributed by atoms with Crippen molar-refractivity contribution in [3.8, 4) is 0 Å². The van der Waals surface area contributed by atoms with Crippen LogP contribution in [0.1, 0.15) is 57.6 Å². The highest BCUT2D eigenvalue weighted by Gasteiger charge is 2.29. The van der Waals surface area contributed by atoms with E-state index in [-0.39, 0.29) is 0 Å². The van der Waals surface area contributed by atoms with Gasteiger partial charge in [0.2, 0.25) is 0 Å². The van der Waals surface area contributed by atoms with Crippen molar-refractivity contribution in [2.75, 3.05) is 6.54 Å². The first-order chi connectivity index (χ1) is 9.26. The van der Waals surface area contributed by atoms with E-state index in [9.17, 15) is 0 Å². The zero-order chi connectivity index (χ0) is 13.7. The number of halogens is 1. The summed E-state index contributed by atoms with van der Waals surface area (Å²) in [6, 6.07) is 9.42. The minimum absolute atomic E-state index is 0.549. The van der Waals surface area contributed by atoms with Crippen molar-refractivity contribution in [3.05, 3.63) is 33.4 Å². The molecule has 0 saturated heterocycles. The molecule has 2 heteroatoms. The highest BCUT2D eigenvalue weighted by molar-refractivity contribution is 14.1. The third-order valence-electron chi connectivity index (χ3n) is 4.54. The minimum Gasteiger partial charge on any atom is -0.310 e. The zero-order valence-corrected chi connectivity index (χ0v) is 14.3. The van der Waals surface area contributed by atoms with Crippen LogP contribution in [-0.2, 0) is 0 Å². The van der Waals surface area contributed by atoms with Crippen LogP contribution in [0.15, 0.2) is 24.3 Å². The Morgan fingerprint density at radius 2 is 2.05 bits per heavy atom. The van der Waals surface area contributed by atoms with Crippen molar-refractivity contribution in [1.82, 2.24) is 5.32 Å². The molecule has 0 radical (unpaired) electrons. The van der Waals surface area contributed by atoms with Crippen LogP contribution in [0, 0.1) is 15.4 Å². The summed E-state index contributed by atoms with van der Waals surface area (Å²) in [5.41, 5.74) is 1.51. The molecule has 1 N–H and O–H groups in total. The van der Waals surface area contributed by atoms with Gasteiger partial charge in [-0.2, -0.15) is 0 Å². The van der Waals surface area contributed by atoms with E-state index in [0.717, 1.165) is 18.4 Å². The fourth-order valence-electron chi connectivity index (χ4n) is 3.48. The van der Waals surface area contributed by atoms with Crippen LogP contribution in [0.2, 0.25) is 0 Å². The van der Waals surface area contributed by atoms with Crippen molar-refractivity contribution in [2.45, 2.75) is 52.0 Å². The molecule has 0 amide bonds. The molecule has 1 aromatic carbocycles. The van der Waals surface area contributed by atoms with Crippen LogP contribution in [0.25, 0.3) is 0 Å². The standard InChI is InChI=1S/C17H26IN/c1-3-13-8-7-9-14(12-13)17(19-4-2)15-10-5-6-11-16(15)18/h5-6,10-11,13-14,17,19H,3-4,7-9,12H2,1-2H3. The second kappa shape index (κ2) is 7.63. The van der Waals surface area contributed by atoms with Gasteiger partial charge < -0.3 is 5.32 Å². The van der Waals surface area contributed by atoms with E-state index in [1.54, 1.807) is 0 Å². The number of hydrogen-bond acceptors (Lipinski definition) is 1. The minimum atomic E-state index is 0.549. The molecule has 0 aromatic heterocycles. The quantitative estimate of drug-likeness (QED) is 0.705. The molecule has 1 fully saturated rings. The third-order valence-corrected chi connectivity index (χ3v) is 5.52. The number of benzene rings is 1. The van der Waals surface area contributed by atoms with Crippen molar-refractivity contribution >= 4 is 22.6 Å². The molecule has 0 heterocycles. The number of hydrogen-bond donors (Lipinski definition) is 1. The summed E-state index contributed by atoms with van der Waals surface area (Å²) in [4.78, 5) is 0. The molecule has 106 valence electrons. The van der Waals surface area contributed by atoms with Crippen LogP contribution < -0.4 is 5.32 Å². The third kappa shape index (κ3) is 3.94. The van der Waals surface area contributed by atoms with Gasteiger partial charge >= 0.3 is 0 Å². The predicted octanol–water partition coefficient (Wildman–Crippen LogP) is 5.16. The highest BCUT2D eigenvalue weighted by Crippen LogP contribution is 2.39. The van der Waals surface area contributed by atoms with Crippen LogP contribution >= 0.6 is 22.6 Å². The van der Waals surface area contributed by atoms with E-state index < -0.39 is 0 Å². The monoisotopic (exact) mass is 371 g/mol. The van der Waals surface area contributed by atoms with Gasteiger partial charge in [0.25, 0.3) is 0 Å². The normalized spacial score (nSPS) is 25.2. The molecule has 1 aromatic rings. The fourth-order valence-corrected chi connectivity index (χ4v) is 4.21. The first-order valence-corrected chi connectivity index (χ1v) is 8.81. The lowest BCUT2D eigenvalue weighted by atomic mass is 9.75. The summed E-state index contributed by atoms with van der Waals surface area (Å²) >= 11 is 2.49. The van der Waals surface area contributed by atoms with Gasteiger partial charge in [-0.05, 0) is 65.4 Å². The second-order valence-electron chi connectivity index (χ2n) is 5.76. The summed E-state index contributed by atoms with van der Waals surface area (Å²) in [6.07, 6.45) is 6.99. The second-order valence-corrected chi connectivity index (χ2v) is 6.92. The molecule has 0 spiro atoms. The molecular weight excluding hydrogens is 345 g/mol. The zero-order valence-electron chi connectivity index (χ0n) is 12.2. The topological polar surface area (TPSA) is 12.0 Å². The first kappa shape index (κ1) is 15.3. The van der Waals surface area contributed by atoms with Crippen LogP contribution in [0.5, 0.6) is 0 Å². The average molecular weight is 371 g/mol. The van der Waals surface area contributed by atoms with Crippen LogP contribution in [0.3, 0.4) is 0 Å². The smallest absolute Gasteiger partial charge is 0.0359 e. The van der Waals surface area contributed by atoms with Gasteiger partial charge in [0, 0.05) is 9.61 Å². The van der Waals surface area contributed by atoms with E-state index in [2.05, 4.69) is 66.0 Å². The molecule has 0 aliphatic heterocycles. The molecule has 3 atom stereocenters. The molecule has 3 unspecified atom stereocenters. The summed E-state index contributed by atoms with van der Waals surface area (Å²) in [5.74, 6) is 1.76. The predicted molar refractivity (Wildman–Crippen MR) is 91.3 cm³/mol. The lowest BCUT2D eigenvalue weighted by Crippen LogP contribution is -2.32. The maximum Gasteiger partial charge on any atom is 0.0359 e. The Balaban J connectivity index is 2.17. The lowest BCUT2D eigenvalue weighted by molar-refractivity contribution is 0.210. The molecule has 1 saturated carbocycles. The van der Waals surface area contributed by atoms with E-state index in [1.165, 1.54) is 41.2 Å². The summed E-state index contributed by atoms with van der Waals surface area (Å²) < 4.78 is 1.41. The Labute approximate surface area is 131 Å². The molecule has 1 aliphatic carbocycles. The Morgan fingerprint density at radius 3 is 2.74 bits per heavy atom. The fraction of sp³-hybridized carbons (Fsp3) is 0.647. The average Bonchev–Trinajstić information content (AvgIpc) is 2.46. The van der Waals surface area contributed by atoms with Gasteiger partial charge in [-0.25, -0.2) is 0 Å². The molecule has 0 bridgehead atoms. The molecular formula is C17H26IN. The van der Waals surface area contributed by atoms with Crippen molar-refractivity contribution in [2.24, 2.45) is 11.8 Å². The first-order valence-electron chi connectivity index (χ1n) is 7.74. The molecule has 19 heavy (non-hydrogen) atoms. The van der Waals surface area contributed by atoms with Crippen LogP contribution in [-0.4, -0.2) is 6.54 Å². The SMILES string of the molecule is CCNC(c1ccccc1I)C1CCCC(CC)C1. The van der Waals surface area contributed by atoms with Gasteiger partial charge in [-0.15, -0.1) is 0 Å². The van der Waals surface area contributed by atoms with Gasteiger partial charge in [-0.1, -0.05) is 51.3 Å². The van der Waals surface area contributed by atoms with Gasteiger partial charge in [-0.3, -0.25) is 0 Å². The van der Waals surface area contributed by atoms with Crippen molar-refractivity contribution in [1.29, 1.82) is 0 Å². The van der Waals surface area contributed by atoms with Crippen molar-refractivity contribution in [3.63, 3.8) is 0 Å². The van der Waals surface area contributed by atoms with E-state index in [1.807, 2.05) is 0 Å². The number of rotatable bonds is 5. The summed E-state index contributed by atoms with van der Waals surface area (Å²) in [6.45, 7) is 5.63. The van der Waals surface area contributed by atoms with Gasteiger partial charge in [0.1, 0.15) is 0 Å². The van der Waals surface area contributed by atoms with E-state index in [4.69, 9.17) is 0 Å². The highest BCUT2D eigenvalue weighted by atomic mass is 127. The van der Waals surface area contributed by atoms with Gasteiger partial charge in [0.15, 0.2) is 0 Å². The molecule has 1 aliphatic rings. The summed E-state index contributed by atoms with van der Waals surface area (Å²) in [5, 5.41) is 3.75. The molecule has 1 nitrogen and oxygen atoms in total. The number of nitrogens with one attached hydrogen (secondary N) is 1. The van der Waals surface area contributed by atoms with Crippen LogP contribution in [0.4, 0.5) is 0 Å². The Kier molecular flexibility index (Phi) is 6.14. The Bertz CT molecular complexity index is 391. The molecule has 2 rings (SSSR count). The van der Waals surface area contributed by atoms with Gasteiger partial charge in [0.05, 0.1) is 0 Å². The lowest BCUT2D eigenvalue weighted by Gasteiger charge is -2.35. The maximum absolute atomic E-state index is 3.75. The van der Waals surface area contributed by atoms with E-state index in [0.29, 0.717) is 6.04 Å². The maximum atomic E-state index is 3.75. The largest absolute Gasteiger partial charge is 0.310 e. The Morgan fingerprint density at radius 1 is 1.26 bits per heavy atom. The van der Waals surface area contributed by atoms with Crippen molar-refractivity contribution < 1.29 is 0 Å². The Hall–Kier alpha value is -0.0900.